The Hall–Kier alpha value is -3.71. The monoisotopic (exact) mass is 442 g/mol. The van der Waals surface area contributed by atoms with E-state index in [-0.39, 0.29) is 11.6 Å². The van der Waals surface area contributed by atoms with Crippen LogP contribution in [0.2, 0.25) is 0 Å². The van der Waals surface area contributed by atoms with Gasteiger partial charge in [0, 0.05) is 18.8 Å². The van der Waals surface area contributed by atoms with E-state index in [9.17, 15) is 9.90 Å². The van der Waals surface area contributed by atoms with Crippen molar-refractivity contribution in [2.45, 2.75) is 19.8 Å². The fraction of sp³-hybridized carbons (Fsp3) is 0.269. The van der Waals surface area contributed by atoms with Crippen molar-refractivity contribution in [2.24, 2.45) is 0 Å². The lowest BCUT2D eigenvalue weighted by Gasteiger charge is -2.29. The van der Waals surface area contributed by atoms with Crippen LogP contribution in [0.5, 0.6) is 0 Å². The van der Waals surface area contributed by atoms with E-state index in [4.69, 9.17) is 9.84 Å². The van der Waals surface area contributed by atoms with Crippen molar-refractivity contribution in [3.63, 3.8) is 0 Å². The molecule has 33 heavy (non-hydrogen) atoms. The van der Waals surface area contributed by atoms with Crippen molar-refractivity contribution in [3.8, 4) is 16.8 Å². The maximum atomic E-state index is 12.0. The Labute approximate surface area is 192 Å². The molecule has 1 saturated heterocycles. The first-order valence-corrected chi connectivity index (χ1v) is 11.2. The van der Waals surface area contributed by atoms with E-state index in [1.165, 1.54) is 0 Å². The van der Waals surface area contributed by atoms with Gasteiger partial charge in [-0.3, -0.25) is 0 Å². The molecule has 0 bridgehead atoms. The zero-order chi connectivity index (χ0) is 22.9. The third-order valence-corrected chi connectivity index (χ3v) is 5.99. The smallest absolute Gasteiger partial charge is 0.354 e. The second kappa shape index (κ2) is 8.67. The molecule has 4 aromatic rings. The van der Waals surface area contributed by atoms with Crippen LogP contribution in [0, 0.1) is 0 Å². The highest BCUT2D eigenvalue weighted by atomic mass is 16.5. The number of carboxylic acid groups (broad SMARTS) is 1. The number of fused-ring (bicyclic) bond motifs is 1. The van der Waals surface area contributed by atoms with Gasteiger partial charge in [-0.15, -0.1) is 0 Å². The van der Waals surface area contributed by atoms with Gasteiger partial charge >= 0.3 is 5.97 Å². The van der Waals surface area contributed by atoms with Crippen LogP contribution in [-0.2, 0) is 4.74 Å². The normalized spacial score (nSPS) is 14.2. The molecule has 2 aromatic carbocycles. The van der Waals surface area contributed by atoms with Gasteiger partial charge in [-0.25, -0.2) is 14.5 Å². The number of aromatic carboxylic acids is 1. The van der Waals surface area contributed by atoms with Gasteiger partial charge in [0.15, 0.2) is 11.3 Å². The quantitative estimate of drug-likeness (QED) is 0.481. The molecular formula is C26H26N4O3. The number of nitrogens with zero attached hydrogens (tertiary/aromatic N) is 4. The van der Waals surface area contributed by atoms with Crippen molar-refractivity contribution in [1.82, 2.24) is 14.8 Å². The van der Waals surface area contributed by atoms with Crippen LogP contribution in [-0.4, -0.2) is 52.1 Å². The Morgan fingerprint density at radius 1 is 1.00 bits per heavy atom. The molecule has 1 fully saturated rings. The number of benzene rings is 2. The van der Waals surface area contributed by atoms with Crippen molar-refractivity contribution < 1.29 is 14.6 Å². The number of aromatic nitrogens is 3. The van der Waals surface area contributed by atoms with Gasteiger partial charge in [-0.2, -0.15) is 5.10 Å². The highest BCUT2D eigenvalue weighted by Gasteiger charge is 2.23. The first-order valence-electron chi connectivity index (χ1n) is 11.2. The zero-order valence-corrected chi connectivity index (χ0v) is 18.7. The van der Waals surface area contributed by atoms with E-state index in [1.807, 2.05) is 30.3 Å². The number of rotatable bonds is 5. The van der Waals surface area contributed by atoms with Gasteiger partial charge in [0.2, 0.25) is 0 Å². The summed E-state index contributed by atoms with van der Waals surface area (Å²) in [6.45, 7) is 7.37. The number of hydrogen-bond acceptors (Lipinski definition) is 5. The summed E-state index contributed by atoms with van der Waals surface area (Å²) in [6, 6.07) is 19.6. The fourth-order valence-corrected chi connectivity index (χ4v) is 4.31. The number of ether oxygens (including phenoxy) is 1. The van der Waals surface area contributed by atoms with Gasteiger partial charge in [0.25, 0.3) is 0 Å². The van der Waals surface area contributed by atoms with Crippen molar-refractivity contribution in [3.05, 3.63) is 72.1 Å². The first kappa shape index (κ1) is 21.2. The Kier molecular flexibility index (Phi) is 5.56. The first-order chi connectivity index (χ1) is 16.0. The standard InChI is InChI=1S/C26H26N4O3/c1-17(2)24-23-21(18-8-10-19(11-9-18)29-12-14-33-15-13-29)16-22(26(31)32)27-25(23)30(28-24)20-6-4-3-5-7-20/h3-11,16-17H,12-15H2,1-2H3,(H,31,32). The Morgan fingerprint density at radius 3 is 2.33 bits per heavy atom. The summed E-state index contributed by atoms with van der Waals surface area (Å²) in [5, 5.41) is 15.6. The lowest BCUT2D eigenvalue weighted by atomic mass is 9.97. The predicted molar refractivity (Wildman–Crippen MR) is 128 cm³/mol. The Morgan fingerprint density at radius 2 is 1.70 bits per heavy atom. The number of para-hydroxylation sites is 1. The van der Waals surface area contributed by atoms with E-state index in [1.54, 1.807) is 10.7 Å². The van der Waals surface area contributed by atoms with Crippen molar-refractivity contribution in [2.75, 3.05) is 31.2 Å². The number of carbonyl (C=O) groups is 1. The number of morpholine rings is 1. The SMILES string of the molecule is CC(C)c1nn(-c2ccccc2)c2nc(C(=O)O)cc(-c3ccc(N4CCOCC4)cc3)c12. The summed E-state index contributed by atoms with van der Waals surface area (Å²) in [7, 11) is 0. The predicted octanol–water partition coefficient (Wildman–Crippen LogP) is 4.75. The maximum Gasteiger partial charge on any atom is 0.354 e. The molecule has 0 radical (unpaired) electrons. The minimum absolute atomic E-state index is 0.00198. The van der Waals surface area contributed by atoms with Crippen LogP contribution < -0.4 is 4.90 Å². The molecule has 7 heteroatoms. The number of hydrogen-bond donors (Lipinski definition) is 1. The average Bonchev–Trinajstić information content (AvgIpc) is 3.25. The summed E-state index contributed by atoms with van der Waals surface area (Å²) in [5.41, 5.74) is 5.20. The Bertz CT molecular complexity index is 1290. The molecule has 168 valence electrons. The minimum Gasteiger partial charge on any atom is -0.477 e. The molecule has 0 saturated carbocycles. The second-order valence-electron chi connectivity index (χ2n) is 8.49. The summed E-state index contributed by atoms with van der Waals surface area (Å²) >= 11 is 0. The molecule has 1 N–H and O–H groups in total. The topological polar surface area (TPSA) is 80.5 Å². The Balaban J connectivity index is 1.71. The summed E-state index contributed by atoms with van der Waals surface area (Å²) < 4.78 is 7.21. The molecule has 0 aliphatic carbocycles. The zero-order valence-electron chi connectivity index (χ0n) is 18.7. The summed E-state index contributed by atoms with van der Waals surface area (Å²) in [4.78, 5) is 18.8. The molecule has 1 aliphatic rings. The molecule has 0 atom stereocenters. The maximum absolute atomic E-state index is 12.0. The van der Waals surface area contributed by atoms with E-state index in [0.29, 0.717) is 5.65 Å². The van der Waals surface area contributed by atoms with Crippen LogP contribution in [0.25, 0.3) is 27.8 Å². The van der Waals surface area contributed by atoms with E-state index in [2.05, 4.69) is 48.0 Å². The van der Waals surface area contributed by atoms with Gasteiger partial charge in [-0.05, 0) is 47.4 Å². The fourth-order valence-electron chi connectivity index (χ4n) is 4.31. The van der Waals surface area contributed by atoms with Crippen molar-refractivity contribution >= 4 is 22.7 Å². The summed E-state index contributed by atoms with van der Waals surface area (Å²) in [5.74, 6) is -0.920. The second-order valence-corrected chi connectivity index (χ2v) is 8.49. The van der Waals surface area contributed by atoms with Gasteiger partial charge in [0.05, 0.1) is 30.0 Å². The highest BCUT2D eigenvalue weighted by Crippen LogP contribution is 2.36. The summed E-state index contributed by atoms with van der Waals surface area (Å²) in [6.07, 6.45) is 0. The third-order valence-electron chi connectivity index (χ3n) is 5.99. The number of carboxylic acids is 1. The minimum atomic E-state index is -1.06. The van der Waals surface area contributed by atoms with Crippen molar-refractivity contribution in [1.29, 1.82) is 0 Å². The average molecular weight is 443 g/mol. The van der Waals surface area contributed by atoms with Gasteiger partial charge in [-0.1, -0.05) is 44.2 Å². The number of pyridine rings is 1. The van der Waals surface area contributed by atoms with Crippen LogP contribution in [0.15, 0.2) is 60.7 Å². The largest absolute Gasteiger partial charge is 0.477 e. The lowest BCUT2D eigenvalue weighted by Crippen LogP contribution is -2.36. The molecule has 0 unspecified atom stereocenters. The van der Waals surface area contributed by atoms with Crippen LogP contribution in [0.3, 0.4) is 0 Å². The van der Waals surface area contributed by atoms with E-state index < -0.39 is 5.97 Å². The van der Waals surface area contributed by atoms with Gasteiger partial charge < -0.3 is 14.7 Å². The molecule has 0 spiro atoms. The number of anilines is 1. The molecule has 1 aliphatic heterocycles. The molecule has 2 aromatic heterocycles. The lowest BCUT2D eigenvalue weighted by molar-refractivity contribution is 0.0691. The highest BCUT2D eigenvalue weighted by molar-refractivity contribution is 6.00. The van der Waals surface area contributed by atoms with E-state index >= 15 is 0 Å². The van der Waals surface area contributed by atoms with Crippen LogP contribution in [0.4, 0.5) is 5.69 Å². The van der Waals surface area contributed by atoms with E-state index in [0.717, 1.165) is 59.9 Å². The molecule has 7 nitrogen and oxygen atoms in total. The molecule has 0 amide bonds. The molecule has 3 heterocycles. The molecule has 5 rings (SSSR count). The van der Waals surface area contributed by atoms with Crippen LogP contribution in [0.1, 0.15) is 35.9 Å². The van der Waals surface area contributed by atoms with Gasteiger partial charge in [0.1, 0.15) is 0 Å². The third kappa shape index (κ3) is 3.96. The van der Waals surface area contributed by atoms with Crippen LogP contribution >= 0.6 is 0 Å². The molecular weight excluding hydrogens is 416 g/mol.